The van der Waals surface area contributed by atoms with Crippen LogP contribution in [0.4, 0.5) is 0 Å². The van der Waals surface area contributed by atoms with Gasteiger partial charge in [-0.25, -0.2) is 0 Å². The van der Waals surface area contributed by atoms with Crippen LogP contribution in [0, 0.1) is 11.3 Å². The fraction of sp³-hybridized carbons (Fsp3) is 0.522. The number of aryl methyl sites for hydroxylation is 1. The molecule has 1 heterocycles. The Hall–Kier alpha value is -1.83. The maximum Gasteiger partial charge on any atom is 0.0369 e. The second-order valence-electron chi connectivity index (χ2n) is 8.07. The Morgan fingerprint density at radius 2 is 1.96 bits per heavy atom. The van der Waals surface area contributed by atoms with E-state index in [9.17, 15) is 0 Å². The van der Waals surface area contributed by atoms with Crippen LogP contribution in [0.1, 0.15) is 51.2 Å². The molecular weight excluding hydrogens is 304 g/mol. The van der Waals surface area contributed by atoms with Gasteiger partial charge in [-0.1, -0.05) is 49.8 Å². The second kappa shape index (κ2) is 7.19. The topological polar surface area (TPSA) is 15.6 Å². The molecule has 0 N–H and O–H groups in total. The van der Waals surface area contributed by atoms with E-state index in [0.29, 0.717) is 5.41 Å². The van der Waals surface area contributed by atoms with Crippen molar-refractivity contribution in [2.45, 2.75) is 46.5 Å². The van der Waals surface area contributed by atoms with Gasteiger partial charge in [0.2, 0.25) is 0 Å². The highest BCUT2D eigenvalue weighted by Gasteiger charge is 2.52. The Labute approximate surface area is 153 Å². The molecular formula is C23H32N2. The van der Waals surface area contributed by atoms with Crippen LogP contribution < -0.4 is 0 Å². The van der Waals surface area contributed by atoms with Gasteiger partial charge >= 0.3 is 0 Å². The summed E-state index contributed by atoms with van der Waals surface area (Å²) in [6.45, 7) is 13.4. The van der Waals surface area contributed by atoms with Crippen LogP contribution in [0.5, 0.6) is 0 Å². The molecule has 2 aliphatic rings. The number of rotatable bonds is 6. The average Bonchev–Trinajstić information content (AvgIpc) is 2.52. The fourth-order valence-corrected chi connectivity index (χ4v) is 4.49. The molecule has 1 aliphatic heterocycles. The lowest BCUT2D eigenvalue weighted by atomic mass is 9.56. The molecule has 1 aliphatic carbocycles. The average molecular weight is 337 g/mol. The van der Waals surface area contributed by atoms with E-state index in [1.165, 1.54) is 54.7 Å². The number of allylic oxidation sites excluding steroid dienone is 2. The fourth-order valence-electron chi connectivity index (χ4n) is 4.49. The summed E-state index contributed by atoms with van der Waals surface area (Å²) < 4.78 is 0. The van der Waals surface area contributed by atoms with E-state index in [1.807, 2.05) is 7.05 Å². The van der Waals surface area contributed by atoms with Crippen molar-refractivity contribution < 1.29 is 0 Å². The van der Waals surface area contributed by atoms with Crippen LogP contribution in [-0.4, -0.2) is 30.7 Å². The molecule has 0 radical (unpaired) electrons. The minimum absolute atomic E-state index is 0.541. The summed E-state index contributed by atoms with van der Waals surface area (Å²) >= 11 is 0. The van der Waals surface area contributed by atoms with Gasteiger partial charge in [0, 0.05) is 42.5 Å². The van der Waals surface area contributed by atoms with E-state index in [1.54, 1.807) is 0 Å². The van der Waals surface area contributed by atoms with Crippen molar-refractivity contribution in [1.29, 1.82) is 0 Å². The van der Waals surface area contributed by atoms with Gasteiger partial charge < -0.3 is 4.90 Å². The standard InChI is InChI=1S/C23H32N2/c1-6-9-20-10-7-8-11-22(20)19(4)25-15-23(16-25)13-21(14-23)17(2)12-18(3)24-5/h7-8,10-12,21H,4,6,9,13-16H2,1-3,5H3/b17-12+,24-18?. The molecule has 25 heavy (non-hydrogen) atoms. The zero-order valence-electron chi connectivity index (χ0n) is 16.3. The van der Waals surface area contributed by atoms with Crippen molar-refractivity contribution in [2.24, 2.45) is 16.3 Å². The minimum atomic E-state index is 0.541. The number of nitrogens with zero attached hydrogens (tertiary/aromatic N) is 2. The van der Waals surface area contributed by atoms with Crippen molar-refractivity contribution in [3.63, 3.8) is 0 Å². The SMILES string of the molecule is C=C(c1ccccc1CCC)N1CC2(CC(/C(C)=C/C(C)=NC)C2)C1. The molecule has 1 saturated carbocycles. The summed E-state index contributed by atoms with van der Waals surface area (Å²) in [6, 6.07) is 8.78. The number of likely N-dealkylation sites (tertiary alicyclic amines) is 1. The first-order valence-electron chi connectivity index (χ1n) is 9.62. The van der Waals surface area contributed by atoms with Crippen molar-refractivity contribution in [3.05, 3.63) is 53.6 Å². The van der Waals surface area contributed by atoms with Crippen LogP contribution >= 0.6 is 0 Å². The minimum Gasteiger partial charge on any atom is -0.370 e. The lowest BCUT2D eigenvalue weighted by Crippen LogP contribution is -2.61. The quantitative estimate of drug-likeness (QED) is 0.639. The molecule has 3 rings (SSSR count). The third-order valence-corrected chi connectivity index (χ3v) is 6.07. The Morgan fingerprint density at radius 1 is 1.28 bits per heavy atom. The molecule has 1 aromatic carbocycles. The van der Waals surface area contributed by atoms with Crippen LogP contribution in [0.25, 0.3) is 5.70 Å². The molecule has 0 bridgehead atoms. The first kappa shape index (κ1) is 18.0. The second-order valence-corrected chi connectivity index (χ2v) is 8.07. The van der Waals surface area contributed by atoms with Gasteiger partial charge in [-0.15, -0.1) is 0 Å². The predicted molar refractivity (Wildman–Crippen MR) is 109 cm³/mol. The van der Waals surface area contributed by atoms with E-state index in [4.69, 9.17) is 0 Å². The molecule has 0 aromatic heterocycles. The first-order chi connectivity index (χ1) is 12.0. The van der Waals surface area contributed by atoms with E-state index < -0.39 is 0 Å². The van der Waals surface area contributed by atoms with Gasteiger partial charge in [-0.05, 0) is 50.7 Å². The zero-order chi connectivity index (χ0) is 18.0. The summed E-state index contributed by atoms with van der Waals surface area (Å²) in [5.41, 5.74) is 7.18. The highest BCUT2D eigenvalue weighted by molar-refractivity contribution is 5.93. The van der Waals surface area contributed by atoms with Gasteiger partial charge in [0.1, 0.15) is 0 Å². The van der Waals surface area contributed by atoms with Crippen LogP contribution in [-0.2, 0) is 6.42 Å². The van der Waals surface area contributed by atoms with Gasteiger partial charge in [-0.3, -0.25) is 4.99 Å². The van der Waals surface area contributed by atoms with Crippen LogP contribution in [0.3, 0.4) is 0 Å². The molecule has 2 nitrogen and oxygen atoms in total. The summed E-state index contributed by atoms with van der Waals surface area (Å²) in [5, 5.41) is 0. The largest absolute Gasteiger partial charge is 0.370 e. The van der Waals surface area contributed by atoms with Crippen molar-refractivity contribution in [1.82, 2.24) is 4.90 Å². The number of benzene rings is 1. The summed E-state index contributed by atoms with van der Waals surface area (Å²) in [6.07, 6.45) is 7.23. The van der Waals surface area contributed by atoms with E-state index in [2.05, 4.69) is 67.6 Å². The van der Waals surface area contributed by atoms with Gasteiger partial charge in [0.05, 0.1) is 0 Å². The number of hydrogen-bond donors (Lipinski definition) is 0. The van der Waals surface area contributed by atoms with E-state index >= 15 is 0 Å². The molecule has 134 valence electrons. The van der Waals surface area contributed by atoms with Gasteiger partial charge in [-0.2, -0.15) is 0 Å². The summed E-state index contributed by atoms with van der Waals surface area (Å²) in [4.78, 5) is 6.74. The highest BCUT2D eigenvalue weighted by Crippen LogP contribution is 2.55. The number of hydrogen-bond acceptors (Lipinski definition) is 2. The molecule has 1 aromatic rings. The molecule has 2 heteroatoms. The molecule has 0 amide bonds. The third kappa shape index (κ3) is 3.58. The smallest absolute Gasteiger partial charge is 0.0369 e. The van der Waals surface area contributed by atoms with Crippen molar-refractivity contribution in [3.8, 4) is 0 Å². The zero-order valence-corrected chi connectivity index (χ0v) is 16.3. The maximum atomic E-state index is 4.42. The Balaban J connectivity index is 1.57. The van der Waals surface area contributed by atoms with Crippen molar-refractivity contribution in [2.75, 3.05) is 20.1 Å². The van der Waals surface area contributed by atoms with Crippen molar-refractivity contribution >= 4 is 11.4 Å². The third-order valence-electron chi connectivity index (χ3n) is 6.07. The Kier molecular flexibility index (Phi) is 5.17. The predicted octanol–water partition coefficient (Wildman–Crippen LogP) is 5.36. The maximum absolute atomic E-state index is 4.42. The molecule has 1 spiro atoms. The van der Waals surface area contributed by atoms with E-state index in [0.717, 1.165) is 18.1 Å². The Bertz CT molecular complexity index is 697. The van der Waals surface area contributed by atoms with Crippen LogP contribution in [0.2, 0.25) is 0 Å². The molecule has 1 saturated heterocycles. The van der Waals surface area contributed by atoms with Crippen LogP contribution in [0.15, 0.2) is 47.5 Å². The van der Waals surface area contributed by atoms with Gasteiger partial charge in [0.25, 0.3) is 0 Å². The summed E-state index contributed by atoms with van der Waals surface area (Å²) in [5.74, 6) is 0.750. The number of aliphatic imine (C=N–C) groups is 1. The first-order valence-corrected chi connectivity index (χ1v) is 9.62. The molecule has 2 fully saturated rings. The lowest BCUT2D eigenvalue weighted by molar-refractivity contribution is -0.0531. The lowest BCUT2D eigenvalue weighted by Gasteiger charge is -2.61. The highest BCUT2D eigenvalue weighted by atomic mass is 15.2. The van der Waals surface area contributed by atoms with Gasteiger partial charge in [0.15, 0.2) is 0 Å². The Morgan fingerprint density at radius 3 is 2.60 bits per heavy atom. The normalized spacial score (nSPS) is 20.4. The molecule has 0 unspecified atom stereocenters. The molecule has 0 atom stereocenters. The summed E-state index contributed by atoms with van der Waals surface area (Å²) in [7, 11) is 1.87. The van der Waals surface area contributed by atoms with E-state index in [-0.39, 0.29) is 0 Å². The monoisotopic (exact) mass is 336 g/mol.